The van der Waals surface area contributed by atoms with E-state index < -0.39 is 11.3 Å². The summed E-state index contributed by atoms with van der Waals surface area (Å²) in [5, 5.41) is 1.45. The lowest BCUT2D eigenvalue weighted by atomic mass is 10.1. The molecule has 0 spiro atoms. The number of hydrogen-bond acceptors (Lipinski definition) is 6. The molecule has 2 aromatic carbocycles. The number of aromatic nitrogens is 1. The van der Waals surface area contributed by atoms with Crippen LogP contribution < -0.4 is 20.7 Å². The fourth-order valence-electron chi connectivity index (χ4n) is 3.92. The molecule has 160 valence electrons. The molecule has 0 aliphatic heterocycles. The van der Waals surface area contributed by atoms with Gasteiger partial charge in [-0.3, -0.25) is 0 Å². The first-order valence-corrected chi connectivity index (χ1v) is 9.89. The van der Waals surface area contributed by atoms with Crippen molar-refractivity contribution in [3.63, 3.8) is 0 Å². The van der Waals surface area contributed by atoms with Crippen LogP contribution >= 0.6 is 0 Å². The summed E-state index contributed by atoms with van der Waals surface area (Å²) in [5.41, 5.74) is 1.90. The molecule has 0 N–H and O–H groups in total. The Labute approximate surface area is 182 Å². The molecule has 5 rings (SSSR count). The Hall–Kier alpha value is -4.26. The molecule has 0 saturated heterocycles. The van der Waals surface area contributed by atoms with Crippen LogP contribution in [-0.2, 0) is 7.05 Å². The summed E-state index contributed by atoms with van der Waals surface area (Å²) in [6, 6.07) is 17.8. The van der Waals surface area contributed by atoms with Crippen molar-refractivity contribution in [3.05, 3.63) is 81.5 Å². The molecule has 0 saturated carbocycles. The zero-order valence-electron chi connectivity index (χ0n) is 17.7. The molecular weight excluding hydrogens is 410 g/mol. The van der Waals surface area contributed by atoms with Crippen molar-refractivity contribution in [2.24, 2.45) is 7.05 Å². The van der Waals surface area contributed by atoms with Crippen molar-refractivity contribution >= 4 is 21.9 Å². The maximum absolute atomic E-state index is 12.8. The molecule has 3 aromatic heterocycles. The van der Waals surface area contributed by atoms with Gasteiger partial charge < -0.3 is 22.9 Å². The Morgan fingerprint density at radius 3 is 2.09 bits per heavy atom. The molecule has 0 amide bonds. The zero-order valence-corrected chi connectivity index (χ0v) is 17.7. The van der Waals surface area contributed by atoms with Gasteiger partial charge in [0.2, 0.25) is 0 Å². The summed E-state index contributed by atoms with van der Waals surface area (Å²) in [5.74, 6) is 1.04. The van der Waals surface area contributed by atoms with Crippen molar-refractivity contribution in [1.29, 1.82) is 0 Å². The standard InChI is InChI=1S/C25H19NO6/c1-26-19(16-10-14-6-4-5-7-21(14)31-24(16)27)8-9-20(26)17-13-18-22(30-3)11-15(29-2)12-23(18)32-25(17)28/h4-13H,1-3H3. The first-order valence-electron chi connectivity index (χ1n) is 9.89. The van der Waals surface area contributed by atoms with Gasteiger partial charge in [-0.2, -0.15) is 0 Å². The summed E-state index contributed by atoms with van der Waals surface area (Å²) in [4.78, 5) is 25.5. The van der Waals surface area contributed by atoms with E-state index in [2.05, 4.69) is 0 Å². The van der Waals surface area contributed by atoms with Crippen LogP contribution in [0.5, 0.6) is 11.5 Å². The van der Waals surface area contributed by atoms with E-state index in [1.807, 2.05) is 18.2 Å². The third-order valence-corrected chi connectivity index (χ3v) is 5.56. The van der Waals surface area contributed by atoms with Gasteiger partial charge in [-0.25, -0.2) is 9.59 Å². The third-order valence-electron chi connectivity index (χ3n) is 5.56. The van der Waals surface area contributed by atoms with Gasteiger partial charge in [0.25, 0.3) is 0 Å². The van der Waals surface area contributed by atoms with Crippen LogP contribution in [-0.4, -0.2) is 18.8 Å². The minimum absolute atomic E-state index is 0.347. The fraction of sp³-hybridized carbons (Fsp3) is 0.120. The van der Waals surface area contributed by atoms with Crippen LogP contribution in [0.25, 0.3) is 44.5 Å². The van der Waals surface area contributed by atoms with E-state index in [9.17, 15) is 9.59 Å². The number of hydrogen-bond donors (Lipinski definition) is 0. The van der Waals surface area contributed by atoms with Crippen LogP contribution in [0.2, 0.25) is 0 Å². The minimum Gasteiger partial charge on any atom is -0.496 e. The number of methoxy groups -OCH3 is 2. The van der Waals surface area contributed by atoms with Crippen LogP contribution in [0.3, 0.4) is 0 Å². The van der Waals surface area contributed by atoms with Gasteiger partial charge in [-0.05, 0) is 30.3 Å². The van der Waals surface area contributed by atoms with Gasteiger partial charge in [0, 0.05) is 24.6 Å². The lowest BCUT2D eigenvalue weighted by molar-refractivity contribution is 0.396. The normalized spacial score (nSPS) is 11.2. The van der Waals surface area contributed by atoms with Crippen LogP contribution in [0.4, 0.5) is 0 Å². The van der Waals surface area contributed by atoms with Gasteiger partial charge in [-0.1, -0.05) is 18.2 Å². The van der Waals surface area contributed by atoms with Crippen molar-refractivity contribution < 1.29 is 18.3 Å². The van der Waals surface area contributed by atoms with Crippen molar-refractivity contribution in [1.82, 2.24) is 4.57 Å². The fourth-order valence-corrected chi connectivity index (χ4v) is 3.92. The highest BCUT2D eigenvalue weighted by Gasteiger charge is 2.18. The van der Waals surface area contributed by atoms with Gasteiger partial charge in [0.05, 0.1) is 42.1 Å². The minimum atomic E-state index is -0.508. The molecule has 0 fully saturated rings. The van der Waals surface area contributed by atoms with Crippen LogP contribution in [0.15, 0.2) is 79.1 Å². The highest BCUT2D eigenvalue weighted by atomic mass is 16.5. The molecular formula is C25H19NO6. The van der Waals surface area contributed by atoms with Gasteiger partial charge in [-0.15, -0.1) is 0 Å². The molecule has 7 nitrogen and oxygen atoms in total. The Morgan fingerprint density at radius 2 is 1.41 bits per heavy atom. The van der Waals surface area contributed by atoms with E-state index in [1.54, 1.807) is 61.2 Å². The molecule has 0 aliphatic carbocycles. The van der Waals surface area contributed by atoms with E-state index in [0.29, 0.717) is 50.6 Å². The SMILES string of the molecule is COc1cc(OC)c2cc(-c3ccc(-c4cc5ccccc5oc4=O)n3C)c(=O)oc2c1. The topological polar surface area (TPSA) is 83.8 Å². The van der Waals surface area contributed by atoms with Crippen molar-refractivity contribution in [3.8, 4) is 34.0 Å². The average Bonchev–Trinajstić information content (AvgIpc) is 3.17. The van der Waals surface area contributed by atoms with Crippen LogP contribution in [0.1, 0.15) is 0 Å². The maximum atomic E-state index is 12.8. The molecule has 0 bridgehead atoms. The summed E-state index contributed by atoms with van der Waals surface area (Å²) in [7, 11) is 4.86. The summed E-state index contributed by atoms with van der Waals surface area (Å²) >= 11 is 0. The van der Waals surface area contributed by atoms with E-state index >= 15 is 0 Å². The molecule has 32 heavy (non-hydrogen) atoms. The summed E-state index contributed by atoms with van der Waals surface area (Å²) in [6.07, 6.45) is 0. The number of benzene rings is 2. The maximum Gasteiger partial charge on any atom is 0.345 e. The highest BCUT2D eigenvalue weighted by molar-refractivity contribution is 5.89. The number of nitrogens with zero attached hydrogens (tertiary/aromatic N) is 1. The average molecular weight is 429 g/mol. The second-order valence-electron chi connectivity index (χ2n) is 7.34. The van der Waals surface area contributed by atoms with Gasteiger partial charge >= 0.3 is 11.3 Å². The molecule has 0 unspecified atom stereocenters. The highest BCUT2D eigenvalue weighted by Crippen LogP contribution is 2.34. The van der Waals surface area contributed by atoms with Crippen LogP contribution in [0, 0.1) is 0 Å². The predicted octanol–water partition coefficient (Wildman–Crippen LogP) is 4.59. The summed E-state index contributed by atoms with van der Waals surface area (Å²) in [6.45, 7) is 0. The Bertz CT molecular complexity index is 1610. The van der Waals surface area contributed by atoms with Gasteiger partial charge in [0.1, 0.15) is 22.7 Å². The molecule has 0 atom stereocenters. The van der Waals surface area contributed by atoms with Gasteiger partial charge in [0.15, 0.2) is 0 Å². The smallest absolute Gasteiger partial charge is 0.345 e. The monoisotopic (exact) mass is 429 g/mol. The number of fused-ring (bicyclic) bond motifs is 2. The van der Waals surface area contributed by atoms with E-state index in [4.69, 9.17) is 18.3 Å². The van der Waals surface area contributed by atoms with E-state index in [1.165, 1.54) is 7.11 Å². The van der Waals surface area contributed by atoms with E-state index in [-0.39, 0.29) is 0 Å². The Kier molecular flexibility index (Phi) is 4.59. The summed E-state index contributed by atoms with van der Waals surface area (Å²) < 4.78 is 23.5. The van der Waals surface area contributed by atoms with Crippen molar-refractivity contribution in [2.45, 2.75) is 0 Å². The molecule has 0 radical (unpaired) electrons. The largest absolute Gasteiger partial charge is 0.496 e. The number of ether oxygens (including phenoxy) is 2. The number of rotatable bonds is 4. The second kappa shape index (κ2) is 7.46. The molecule has 7 heteroatoms. The quantitative estimate of drug-likeness (QED) is 0.389. The number of para-hydroxylation sites is 1. The zero-order chi connectivity index (χ0) is 22.4. The Balaban J connectivity index is 1.69. The second-order valence-corrected chi connectivity index (χ2v) is 7.34. The third kappa shape index (κ3) is 3.06. The first-order chi connectivity index (χ1) is 15.5. The first kappa shape index (κ1) is 19.7. The van der Waals surface area contributed by atoms with Crippen molar-refractivity contribution in [2.75, 3.05) is 14.2 Å². The molecule has 5 aromatic rings. The Morgan fingerprint density at radius 1 is 0.750 bits per heavy atom. The molecule has 0 aliphatic rings. The lowest BCUT2D eigenvalue weighted by Gasteiger charge is -2.10. The molecule has 3 heterocycles. The predicted molar refractivity (Wildman–Crippen MR) is 121 cm³/mol. The lowest BCUT2D eigenvalue weighted by Crippen LogP contribution is -2.09. The van der Waals surface area contributed by atoms with E-state index in [0.717, 1.165) is 5.39 Å².